The highest BCUT2D eigenvalue weighted by atomic mass is 32.1. The molecule has 2 amide bonds. The minimum atomic E-state index is -0.367. The van der Waals surface area contributed by atoms with E-state index in [4.69, 9.17) is 9.15 Å². The third-order valence-electron chi connectivity index (χ3n) is 4.56. The number of aryl methyl sites for hydroxylation is 1. The van der Waals surface area contributed by atoms with Gasteiger partial charge in [0.05, 0.1) is 24.1 Å². The van der Waals surface area contributed by atoms with Gasteiger partial charge in [-0.3, -0.25) is 9.59 Å². The maximum absolute atomic E-state index is 13.1. The Bertz CT molecular complexity index is 1010. The van der Waals surface area contributed by atoms with E-state index in [1.54, 1.807) is 18.2 Å². The summed E-state index contributed by atoms with van der Waals surface area (Å²) in [6, 6.07) is 10.6. The van der Waals surface area contributed by atoms with Crippen LogP contribution >= 0.6 is 11.3 Å². The molecule has 0 saturated heterocycles. The molecule has 2 N–H and O–H groups in total. The van der Waals surface area contributed by atoms with E-state index < -0.39 is 0 Å². The monoisotopic (exact) mass is 396 g/mol. The van der Waals surface area contributed by atoms with Crippen molar-refractivity contribution in [3.8, 4) is 5.75 Å². The molecule has 1 aromatic carbocycles. The molecule has 7 heteroatoms. The van der Waals surface area contributed by atoms with Gasteiger partial charge in [-0.1, -0.05) is 12.1 Å². The van der Waals surface area contributed by atoms with E-state index in [1.165, 1.54) is 17.6 Å². The third kappa shape index (κ3) is 3.53. The van der Waals surface area contributed by atoms with E-state index in [2.05, 4.69) is 10.6 Å². The Kier molecular flexibility index (Phi) is 5.16. The fourth-order valence-corrected chi connectivity index (χ4v) is 4.62. The van der Waals surface area contributed by atoms with Crippen molar-refractivity contribution in [3.63, 3.8) is 0 Å². The molecule has 2 heterocycles. The number of ether oxygens (including phenoxy) is 1. The lowest BCUT2D eigenvalue weighted by molar-refractivity contribution is 0.0997. The van der Waals surface area contributed by atoms with Crippen LogP contribution in [0, 0.1) is 0 Å². The summed E-state index contributed by atoms with van der Waals surface area (Å²) < 4.78 is 10.8. The van der Waals surface area contributed by atoms with Gasteiger partial charge >= 0.3 is 0 Å². The zero-order chi connectivity index (χ0) is 19.5. The number of benzene rings is 1. The molecule has 6 nitrogen and oxygen atoms in total. The van der Waals surface area contributed by atoms with Crippen molar-refractivity contribution in [2.75, 3.05) is 17.2 Å². The van der Waals surface area contributed by atoms with Crippen LogP contribution in [0.3, 0.4) is 0 Å². The second kappa shape index (κ2) is 7.90. The summed E-state index contributed by atoms with van der Waals surface area (Å²) in [5.41, 5.74) is 2.16. The quantitative estimate of drug-likeness (QED) is 0.631. The number of hydrogen-bond donors (Lipinski definition) is 2. The van der Waals surface area contributed by atoms with Crippen LogP contribution in [-0.4, -0.2) is 18.4 Å². The molecule has 4 rings (SSSR count). The normalized spacial score (nSPS) is 12.5. The molecule has 1 aliphatic rings. The Hall–Kier alpha value is -3.06. The van der Waals surface area contributed by atoms with E-state index in [0.717, 1.165) is 29.7 Å². The van der Waals surface area contributed by atoms with Crippen molar-refractivity contribution in [1.29, 1.82) is 0 Å². The molecule has 144 valence electrons. The molecular weight excluding hydrogens is 376 g/mol. The molecule has 0 unspecified atom stereocenters. The highest BCUT2D eigenvalue weighted by molar-refractivity contribution is 7.17. The lowest BCUT2D eigenvalue weighted by atomic mass is 10.1. The second-order valence-corrected chi connectivity index (χ2v) is 7.48. The molecule has 0 saturated carbocycles. The van der Waals surface area contributed by atoms with Gasteiger partial charge in [0, 0.05) is 4.88 Å². The maximum Gasteiger partial charge on any atom is 0.291 e. The van der Waals surface area contributed by atoms with E-state index >= 15 is 0 Å². The first kappa shape index (κ1) is 18.3. The summed E-state index contributed by atoms with van der Waals surface area (Å²) in [4.78, 5) is 26.7. The van der Waals surface area contributed by atoms with E-state index in [-0.39, 0.29) is 17.6 Å². The van der Waals surface area contributed by atoms with Gasteiger partial charge in [0.2, 0.25) is 0 Å². The highest BCUT2D eigenvalue weighted by Gasteiger charge is 2.28. The van der Waals surface area contributed by atoms with E-state index in [9.17, 15) is 9.59 Å². The number of amides is 2. The Labute approximate surface area is 166 Å². The van der Waals surface area contributed by atoms with Gasteiger partial charge in [-0.2, -0.15) is 0 Å². The second-order valence-electron chi connectivity index (χ2n) is 6.38. The third-order valence-corrected chi connectivity index (χ3v) is 5.76. The summed E-state index contributed by atoms with van der Waals surface area (Å²) in [6.07, 6.45) is 4.22. The fraction of sp³-hybridized carbons (Fsp3) is 0.238. The summed E-state index contributed by atoms with van der Waals surface area (Å²) in [5.74, 6) is 0.211. The number of anilines is 2. The van der Waals surface area contributed by atoms with E-state index in [1.807, 2.05) is 25.1 Å². The molecule has 0 spiro atoms. The first-order valence-corrected chi connectivity index (χ1v) is 10.0. The van der Waals surface area contributed by atoms with Crippen LogP contribution < -0.4 is 15.4 Å². The Balaban J connectivity index is 1.63. The van der Waals surface area contributed by atoms with Crippen molar-refractivity contribution < 1.29 is 18.7 Å². The molecule has 1 aliphatic carbocycles. The average molecular weight is 396 g/mol. The van der Waals surface area contributed by atoms with Gasteiger partial charge in [0.25, 0.3) is 11.8 Å². The number of hydrogen-bond acceptors (Lipinski definition) is 5. The Morgan fingerprint density at radius 1 is 1.11 bits per heavy atom. The smallest absolute Gasteiger partial charge is 0.291 e. The topological polar surface area (TPSA) is 80.6 Å². The molecule has 2 aromatic heterocycles. The lowest BCUT2D eigenvalue weighted by Crippen LogP contribution is -2.18. The van der Waals surface area contributed by atoms with Gasteiger partial charge in [0.1, 0.15) is 10.8 Å². The molecule has 0 atom stereocenters. The van der Waals surface area contributed by atoms with Crippen molar-refractivity contribution in [3.05, 3.63) is 64.4 Å². The largest absolute Gasteiger partial charge is 0.492 e. The first-order chi connectivity index (χ1) is 13.7. The first-order valence-electron chi connectivity index (χ1n) is 9.20. The highest BCUT2D eigenvalue weighted by Crippen LogP contribution is 2.40. The number of carbonyl (C=O) groups is 2. The van der Waals surface area contributed by atoms with Crippen molar-refractivity contribution in [2.24, 2.45) is 0 Å². The number of para-hydroxylation sites is 2. The summed E-state index contributed by atoms with van der Waals surface area (Å²) in [6.45, 7) is 2.40. The van der Waals surface area contributed by atoms with Gasteiger partial charge in [-0.05, 0) is 56.0 Å². The molecule has 0 bridgehead atoms. The molecule has 0 aliphatic heterocycles. The minimum absolute atomic E-state index is 0.210. The van der Waals surface area contributed by atoms with Crippen LogP contribution in [-0.2, 0) is 12.8 Å². The number of nitrogens with one attached hydrogen (secondary N) is 2. The summed E-state index contributed by atoms with van der Waals surface area (Å²) in [5, 5.41) is 6.34. The predicted molar refractivity (Wildman–Crippen MR) is 109 cm³/mol. The number of carbonyl (C=O) groups excluding carboxylic acids is 2. The molecule has 28 heavy (non-hydrogen) atoms. The van der Waals surface area contributed by atoms with E-state index in [0.29, 0.717) is 28.6 Å². The summed E-state index contributed by atoms with van der Waals surface area (Å²) in [7, 11) is 0. The van der Waals surface area contributed by atoms with Crippen LogP contribution in [0.5, 0.6) is 5.75 Å². The molecule has 0 fully saturated rings. The van der Waals surface area contributed by atoms with Gasteiger partial charge < -0.3 is 19.8 Å². The Morgan fingerprint density at radius 2 is 1.96 bits per heavy atom. The van der Waals surface area contributed by atoms with Crippen LogP contribution in [0.15, 0.2) is 47.1 Å². The fourth-order valence-electron chi connectivity index (χ4n) is 3.34. The van der Waals surface area contributed by atoms with Crippen LogP contribution in [0.2, 0.25) is 0 Å². The van der Waals surface area contributed by atoms with Gasteiger partial charge in [-0.25, -0.2) is 0 Å². The molecular formula is C21H20N2O4S. The van der Waals surface area contributed by atoms with Crippen molar-refractivity contribution >= 4 is 33.8 Å². The number of thiophene rings is 1. The SMILES string of the molecule is CCOc1ccccc1NC(=O)c1c(NC(=O)c2ccco2)sc2c1CCC2. The van der Waals surface area contributed by atoms with Gasteiger partial charge in [-0.15, -0.1) is 11.3 Å². The zero-order valence-corrected chi connectivity index (χ0v) is 16.2. The maximum atomic E-state index is 13.1. The van der Waals surface area contributed by atoms with Crippen LogP contribution in [0.4, 0.5) is 10.7 Å². The average Bonchev–Trinajstić information content (AvgIpc) is 3.40. The van der Waals surface area contributed by atoms with Gasteiger partial charge in [0.15, 0.2) is 5.76 Å². The number of fused-ring (bicyclic) bond motifs is 1. The molecule has 3 aromatic rings. The Morgan fingerprint density at radius 3 is 2.75 bits per heavy atom. The number of rotatable bonds is 6. The number of furan rings is 1. The summed E-state index contributed by atoms with van der Waals surface area (Å²) >= 11 is 1.46. The van der Waals surface area contributed by atoms with Crippen molar-refractivity contribution in [2.45, 2.75) is 26.2 Å². The van der Waals surface area contributed by atoms with Crippen LogP contribution in [0.25, 0.3) is 0 Å². The zero-order valence-electron chi connectivity index (χ0n) is 15.4. The van der Waals surface area contributed by atoms with Crippen LogP contribution in [0.1, 0.15) is 44.7 Å². The molecule has 0 radical (unpaired) electrons. The minimum Gasteiger partial charge on any atom is -0.492 e. The standard InChI is InChI=1S/C21H20N2O4S/c1-2-26-15-9-4-3-8-14(15)22-20(25)18-13-7-5-11-17(13)28-21(18)23-19(24)16-10-6-12-27-16/h3-4,6,8-10,12H,2,5,7,11H2,1H3,(H,22,25)(H,23,24). The lowest BCUT2D eigenvalue weighted by Gasteiger charge is -2.12. The van der Waals surface area contributed by atoms with Crippen molar-refractivity contribution in [1.82, 2.24) is 0 Å². The predicted octanol–water partition coefficient (Wildman–Crippen LogP) is 4.73.